The lowest BCUT2D eigenvalue weighted by Crippen LogP contribution is -2.41. The lowest BCUT2D eigenvalue weighted by molar-refractivity contribution is 0.0676. The summed E-state index contributed by atoms with van der Waals surface area (Å²) >= 11 is 0. The van der Waals surface area contributed by atoms with E-state index in [-0.39, 0.29) is 22.9 Å². The Balaban J connectivity index is 2.31. The SMILES string of the molecule is CCC1CCCCCN1C(=O)c1c[nH]cc(C)c1=O. The minimum absolute atomic E-state index is 0.112. The molecule has 4 heteroatoms. The van der Waals surface area contributed by atoms with Crippen LogP contribution in [0.5, 0.6) is 0 Å². The van der Waals surface area contributed by atoms with Crippen LogP contribution in [0.1, 0.15) is 54.9 Å². The molecule has 1 amide bonds. The zero-order valence-corrected chi connectivity index (χ0v) is 11.7. The molecule has 0 radical (unpaired) electrons. The molecule has 1 fully saturated rings. The quantitative estimate of drug-likeness (QED) is 0.890. The Morgan fingerprint density at radius 1 is 1.37 bits per heavy atom. The maximum atomic E-state index is 12.6. The topological polar surface area (TPSA) is 53.2 Å². The third-order valence-corrected chi connectivity index (χ3v) is 3.97. The Morgan fingerprint density at radius 2 is 2.16 bits per heavy atom. The zero-order valence-electron chi connectivity index (χ0n) is 11.7. The van der Waals surface area contributed by atoms with E-state index in [1.54, 1.807) is 13.1 Å². The van der Waals surface area contributed by atoms with E-state index in [1.165, 1.54) is 19.0 Å². The van der Waals surface area contributed by atoms with Crippen LogP contribution in [-0.4, -0.2) is 28.4 Å². The summed E-state index contributed by atoms with van der Waals surface area (Å²) in [4.78, 5) is 29.5. The molecule has 0 aliphatic carbocycles. The molecule has 4 nitrogen and oxygen atoms in total. The normalized spacial score (nSPS) is 20.1. The van der Waals surface area contributed by atoms with Crippen LogP contribution in [0.2, 0.25) is 0 Å². The van der Waals surface area contributed by atoms with Crippen LogP contribution in [0.15, 0.2) is 17.2 Å². The van der Waals surface area contributed by atoms with E-state index in [0.29, 0.717) is 5.56 Å². The van der Waals surface area contributed by atoms with Crippen molar-refractivity contribution in [3.63, 3.8) is 0 Å². The fourth-order valence-electron chi connectivity index (χ4n) is 2.78. The van der Waals surface area contributed by atoms with Gasteiger partial charge in [-0.1, -0.05) is 19.8 Å². The molecular formula is C15H22N2O2. The number of carbonyl (C=O) groups excluding carboxylic acids is 1. The molecule has 1 unspecified atom stereocenters. The Kier molecular flexibility index (Phi) is 4.40. The number of carbonyl (C=O) groups is 1. The van der Waals surface area contributed by atoms with Crippen LogP contribution in [0.4, 0.5) is 0 Å². The van der Waals surface area contributed by atoms with Crippen LogP contribution in [0.3, 0.4) is 0 Å². The average Bonchev–Trinajstić information content (AvgIpc) is 2.66. The van der Waals surface area contributed by atoms with E-state index < -0.39 is 0 Å². The van der Waals surface area contributed by atoms with E-state index in [9.17, 15) is 9.59 Å². The minimum Gasteiger partial charge on any atom is -0.366 e. The van der Waals surface area contributed by atoms with Crippen molar-refractivity contribution in [2.45, 2.75) is 52.0 Å². The van der Waals surface area contributed by atoms with Gasteiger partial charge in [-0.25, -0.2) is 0 Å². The standard InChI is InChI=1S/C15H22N2O2/c1-3-12-7-5-4-6-8-17(12)15(19)13-10-16-9-11(2)14(13)18/h9-10,12H,3-8H2,1-2H3,(H,16,18). The summed E-state index contributed by atoms with van der Waals surface area (Å²) in [6.45, 7) is 4.61. The molecule has 104 valence electrons. The van der Waals surface area contributed by atoms with Crippen molar-refractivity contribution in [3.05, 3.63) is 33.7 Å². The monoisotopic (exact) mass is 262 g/mol. The number of hydrogen-bond acceptors (Lipinski definition) is 2. The summed E-state index contributed by atoms with van der Waals surface area (Å²) in [5.74, 6) is -0.112. The molecule has 2 heterocycles. The van der Waals surface area contributed by atoms with Gasteiger partial charge < -0.3 is 9.88 Å². The van der Waals surface area contributed by atoms with Gasteiger partial charge in [0, 0.05) is 30.5 Å². The average molecular weight is 262 g/mol. The molecule has 1 aliphatic rings. The van der Waals surface area contributed by atoms with Crippen molar-refractivity contribution in [2.24, 2.45) is 0 Å². The highest BCUT2D eigenvalue weighted by Gasteiger charge is 2.26. The fourth-order valence-corrected chi connectivity index (χ4v) is 2.78. The number of aromatic amines is 1. The molecule has 1 aromatic rings. The highest BCUT2D eigenvalue weighted by Crippen LogP contribution is 2.20. The molecule has 0 spiro atoms. The fraction of sp³-hybridized carbons (Fsp3) is 0.600. The number of rotatable bonds is 2. The molecule has 1 saturated heterocycles. The number of pyridine rings is 1. The molecule has 1 aromatic heterocycles. The van der Waals surface area contributed by atoms with Gasteiger partial charge in [0.1, 0.15) is 5.56 Å². The van der Waals surface area contributed by atoms with Crippen LogP contribution >= 0.6 is 0 Å². The predicted molar refractivity (Wildman–Crippen MR) is 75.4 cm³/mol. The van der Waals surface area contributed by atoms with Crippen LogP contribution in [-0.2, 0) is 0 Å². The number of aryl methyl sites for hydroxylation is 1. The highest BCUT2D eigenvalue weighted by atomic mass is 16.2. The van der Waals surface area contributed by atoms with Gasteiger partial charge in [-0.15, -0.1) is 0 Å². The smallest absolute Gasteiger partial charge is 0.259 e. The molecule has 2 rings (SSSR count). The molecule has 0 bridgehead atoms. The molecule has 1 N–H and O–H groups in total. The Labute approximate surface area is 113 Å². The van der Waals surface area contributed by atoms with Gasteiger partial charge in [0.05, 0.1) is 0 Å². The number of amides is 1. The van der Waals surface area contributed by atoms with E-state index >= 15 is 0 Å². The van der Waals surface area contributed by atoms with Crippen LogP contribution in [0, 0.1) is 6.92 Å². The Morgan fingerprint density at radius 3 is 2.89 bits per heavy atom. The van der Waals surface area contributed by atoms with Gasteiger partial charge in [-0.3, -0.25) is 9.59 Å². The van der Waals surface area contributed by atoms with Crippen LogP contribution < -0.4 is 5.43 Å². The minimum atomic E-state index is -0.150. The maximum Gasteiger partial charge on any atom is 0.259 e. The summed E-state index contributed by atoms with van der Waals surface area (Å²) in [6.07, 6.45) is 8.55. The number of nitrogens with zero attached hydrogens (tertiary/aromatic N) is 1. The van der Waals surface area contributed by atoms with Crippen molar-refractivity contribution >= 4 is 5.91 Å². The third-order valence-electron chi connectivity index (χ3n) is 3.97. The van der Waals surface area contributed by atoms with Gasteiger partial charge in [-0.05, 0) is 26.2 Å². The molecule has 0 aromatic carbocycles. The van der Waals surface area contributed by atoms with Crippen molar-refractivity contribution in [2.75, 3.05) is 6.54 Å². The first kappa shape index (κ1) is 13.8. The Bertz CT molecular complexity index is 507. The van der Waals surface area contributed by atoms with Gasteiger partial charge in [0.2, 0.25) is 0 Å². The molecule has 0 saturated carbocycles. The van der Waals surface area contributed by atoms with Crippen molar-refractivity contribution in [3.8, 4) is 0 Å². The number of aromatic nitrogens is 1. The lowest BCUT2D eigenvalue weighted by Gasteiger charge is -2.29. The lowest BCUT2D eigenvalue weighted by atomic mass is 10.1. The third kappa shape index (κ3) is 2.88. The predicted octanol–water partition coefficient (Wildman–Crippen LogP) is 2.48. The van der Waals surface area contributed by atoms with Gasteiger partial charge in [0.25, 0.3) is 5.91 Å². The second-order valence-electron chi connectivity index (χ2n) is 5.29. The summed E-state index contributed by atoms with van der Waals surface area (Å²) < 4.78 is 0. The Hall–Kier alpha value is -1.58. The zero-order chi connectivity index (χ0) is 13.8. The van der Waals surface area contributed by atoms with E-state index in [2.05, 4.69) is 11.9 Å². The first-order chi connectivity index (χ1) is 9.15. The molecule has 1 aliphatic heterocycles. The van der Waals surface area contributed by atoms with Gasteiger partial charge in [0.15, 0.2) is 5.43 Å². The summed E-state index contributed by atoms with van der Waals surface area (Å²) in [6, 6.07) is 0.273. The van der Waals surface area contributed by atoms with Gasteiger partial charge >= 0.3 is 0 Å². The maximum absolute atomic E-state index is 12.6. The van der Waals surface area contributed by atoms with Crippen molar-refractivity contribution < 1.29 is 4.79 Å². The summed E-state index contributed by atoms with van der Waals surface area (Å²) in [7, 11) is 0. The molecule has 19 heavy (non-hydrogen) atoms. The first-order valence-corrected chi connectivity index (χ1v) is 7.13. The van der Waals surface area contributed by atoms with E-state index in [0.717, 1.165) is 25.8 Å². The van der Waals surface area contributed by atoms with E-state index in [1.807, 2.05) is 4.90 Å². The number of nitrogens with one attached hydrogen (secondary N) is 1. The number of hydrogen-bond donors (Lipinski definition) is 1. The van der Waals surface area contributed by atoms with Crippen molar-refractivity contribution in [1.82, 2.24) is 9.88 Å². The summed E-state index contributed by atoms with van der Waals surface area (Å²) in [5, 5.41) is 0. The van der Waals surface area contributed by atoms with E-state index in [4.69, 9.17) is 0 Å². The summed E-state index contributed by atoms with van der Waals surface area (Å²) in [5.41, 5.74) is 0.719. The number of likely N-dealkylation sites (tertiary alicyclic amines) is 1. The second-order valence-corrected chi connectivity index (χ2v) is 5.29. The second kappa shape index (κ2) is 6.04. The first-order valence-electron chi connectivity index (χ1n) is 7.13. The highest BCUT2D eigenvalue weighted by molar-refractivity contribution is 5.94. The molecular weight excluding hydrogens is 240 g/mol. The van der Waals surface area contributed by atoms with Crippen molar-refractivity contribution in [1.29, 1.82) is 0 Å². The van der Waals surface area contributed by atoms with Crippen LogP contribution in [0.25, 0.3) is 0 Å². The largest absolute Gasteiger partial charge is 0.366 e. The molecule has 1 atom stereocenters. The van der Waals surface area contributed by atoms with Gasteiger partial charge in [-0.2, -0.15) is 0 Å². The number of H-pyrrole nitrogens is 1.